The summed E-state index contributed by atoms with van der Waals surface area (Å²) in [6, 6.07) is 9.98. The Morgan fingerprint density at radius 1 is 0.926 bits per heavy atom. The molecule has 1 aliphatic heterocycles. The van der Waals surface area contributed by atoms with Crippen molar-refractivity contribution < 1.29 is 9.90 Å². The smallest absolute Gasteiger partial charge is 0.256 e. The lowest BCUT2D eigenvalue weighted by Gasteiger charge is -2.28. The summed E-state index contributed by atoms with van der Waals surface area (Å²) in [6.07, 6.45) is 1.94. The fourth-order valence-electron chi connectivity index (χ4n) is 3.50. The molecule has 0 radical (unpaired) electrons. The van der Waals surface area contributed by atoms with Gasteiger partial charge in [0.15, 0.2) is 0 Å². The van der Waals surface area contributed by atoms with Crippen LogP contribution in [-0.4, -0.2) is 11.0 Å². The highest BCUT2D eigenvalue weighted by molar-refractivity contribution is 6.35. The lowest BCUT2D eigenvalue weighted by Crippen LogP contribution is -2.17. The molecule has 0 aliphatic carbocycles. The number of phenolic OH excluding ortho intramolecular Hbond substituents is 1. The minimum absolute atomic E-state index is 0.0849. The summed E-state index contributed by atoms with van der Waals surface area (Å²) in [7, 11) is 0. The highest BCUT2D eigenvalue weighted by atomic mass is 16.3. The Labute approximate surface area is 162 Å². The number of anilines is 1. The Morgan fingerprint density at radius 3 is 2.00 bits per heavy atom. The molecule has 0 aromatic heterocycles. The first-order valence-corrected chi connectivity index (χ1v) is 9.40. The van der Waals surface area contributed by atoms with E-state index < -0.39 is 0 Å². The second kappa shape index (κ2) is 6.26. The number of benzene rings is 2. The number of phenols is 1. The third kappa shape index (κ3) is 3.64. The normalized spacial score (nSPS) is 15.8. The molecule has 0 saturated carbocycles. The molecule has 2 N–H and O–H groups in total. The molecule has 0 fully saturated rings. The number of rotatable bonds is 1. The number of hydrogen-bond donors (Lipinski definition) is 2. The predicted octanol–water partition coefficient (Wildman–Crippen LogP) is 5.79. The van der Waals surface area contributed by atoms with E-state index in [-0.39, 0.29) is 16.7 Å². The number of aryl methyl sites for hydroxylation is 1. The van der Waals surface area contributed by atoms with Crippen molar-refractivity contribution in [3.8, 4) is 5.75 Å². The summed E-state index contributed by atoms with van der Waals surface area (Å²) in [5, 5.41) is 13.8. The minimum Gasteiger partial charge on any atom is -0.507 e. The average molecular weight is 364 g/mol. The lowest BCUT2D eigenvalue weighted by atomic mass is 9.78. The molecule has 142 valence electrons. The summed E-state index contributed by atoms with van der Waals surface area (Å²) in [5.74, 6) is 0.266. The van der Waals surface area contributed by atoms with Crippen LogP contribution in [0.25, 0.3) is 11.6 Å². The van der Waals surface area contributed by atoms with E-state index in [1.54, 1.807) is 0 Å². The zero-order valence-electron chi connectivity index (χ0n) is 17.3. The Balaban J connectivity index is 2.23. The quantitative estimate of drug-likeness (QED) is 0.630. The van der Waals surface area contributed by atoms with Crippen LogP contribution in [-0.2, 0) is 15.6 Å². The molecular formula is C24H29NO2. The highest BCUT2D eigenvalue weighted by Gasteiger charge is 2.28. The van der Waals surface area contributed by atoms with Gasteiger partial charge in [0.25, 0.3) is 5.91 Å². The maximum absolute atomic E-state index is 12.5. The Hall–Kier alpha value is -2.55. The summed E-state index contributed by atoms with van der Waals surface area (Å²) in [5.41, 5.74) is 5.88. The molecule has 1 amide bonds. The Morgan fingerprint density at radius 2 is 1.48 bits per heavy atom. The topological polar surface area (TPSA) is 49.3 Å². The summed E-state index contributed by atoms with van der Waals surface area (Å²) >= 11 is 0. The average Bonchev–Trinajstić information content (AvgIpc) is 2.82. The van der Waals surface area contributed by atoms with Gasteiger partial charge in [-0.1, -0.05) is 53.2 Å². The van der Waals surface area contributed by atoms with Gasteiger partial charge in [-0.05, 0) is 53.7 Å². The molecule has 1 aliphatic rings. The van der Waals surface area contributed by atoms with Crippen LogP contribution in [0.1, 0.15) is 69.4 Å². The molecule has 0 saturated heterocycles. The van der Waals surface area contributed by atoms with Crippen molar-refractivity contribution in [2.75, 3.05) is 5.32 Å². The van der Waals surface area contributed by atoms with Crippen LogP contribution >= 0.6 is 0 Å². The third-order valence-electron chi connectivity index (χ3n) is 5.02. The molecule has 0 spiro atoms. The number of amides is 1. The number of aromatic hydroxyl groups is 1. The minimum atomic E-state index is -0.203. The van der Waals surface area contributed by atoms with Gasteiger partial charge >= 0.3 is 0 Å². The monoisotopic (exact) mass is 363 g/mol. The molecule has 3 heteroatoms. The SMILES string of the molecule is Cc1ccc2c(c1)/C(=C\c1cc(C(C)(C)C)c(O)c(C(C)(C)C)c1)C(=O)N2. The van der Waals surface area contributed by atoms with Gasteiger partial charge in [0.05, 0.1) is 0 Å². The molecule has 1 heterocycles. The van der Waals surface area contributed by atoms with Gasteiger partial charge in [0.2, 0.25) is 0 Å². The van der Waals surface area contributed by atoms with Gasteiger partial charge in [-0.2, -0.15) is 0 Å². The second-order valence-electron chi connectivity index (χ2n) is 9.53. The van der Waals surface area contributed by atoms with Gasteiger partial charge in [0, 0.05) is 28.0 Å². The van der Waals surface area contributed by atoms with Crippen molar-refractivity contribution >= 4 is 23.2 Å². The van der Waals surface area contributed by atoms with E-state index in [0.717, 1.165) is 33.5 Å². The first-order valence-electron chi connectivity index (χ1n) is 9.40. The molecule has 2 aromatic rings. The summed E-state index contributed by atoms with van der Waals surface area (Å²) < 4.78 is 0. The molecule has 0 bridgehead atoms. The molecular weight excluding hydrogens is 334 g/mol. The molecule has 3 nitrogen and oxygen atoms in total. The van der Waals surface area contributed by atoms with Crippen molar-refractivity contribution in [2.45, 2.75) is 59.3 Å². The third-order valence-corrected chi connectivity index (χ3v) is 5.02. The first kappa shape index (κ1) is 19.2. The fourth-order valence-corrected chi connectivity index (χ4v) is 3.50. The van der Waals surface area contributed by atoms with Crippen LogP contribution in [0.5, 0.6) is 5.75 Å². The van der Waals surface area contributed by atoms with E-state index in [1.165, 1.54) is 0 Å². The zero-order valence-corrected chi connectivity index (χ0v) is 17.3. The van der Waals surface area contributed by atoms with Gasteiger partial charge in [-0.3, -0.25) is 4.79 Å². The lowest BCUT2D eigenvalue weighted by molar-refractivity contribution is -0.110. The van der Waals surface area contributed by atoms with E-state index in [0.29, 0.717) is 11.3 Å². The van der Waals surface area contributed by atoms with Crippen molar-refractivity contribution in [3.05, 3.63) is 58.1 Å². The van der Waals surface area contributed by atoms with Crippen molar-refractivity contribution in [2.24, 2.45) is 0 Å². The number of fused-ring (bicyclic) bond motifs is 1. The van der Waals surface area contributed by atoms with Crippen LogP contribution in [0.3, 0.4) is 0 Å². The Bertz CT molecular complexity index is 918. The van der Waals surface area contributed by atoms with Crippen LogP contribution in [0, 0.1) is 6.92 Å². The standard InChI is InChI=1S/C24H29NO2/c1-14-8-9-20-16(10-14)17(22(27)25-20)11-15-12-18(23(2,3)4)21(26)19(13-15)24(5,6)7/h8-13,26H,1-7H3,(H,25,27)/b17-11+. The van der Waals surface area contributed by atoms with Crippen LogP contribution in [0.15, 0.2) is 30.3 Å². The van der Waals surface area contributed by atoms with Gasteiger partial charge in [-0.25, -0.2) is 0 Å². The highest BCUT2D eigenvalue weighted by Crippen LogP contribution is 2.41. The van der Waals surface area contributed by atoms with Gasteiger partial charge in [-0.15, -0.1) is 0 Å². The second-order valence-corrected chi connectivity index (χ2v) is 9.53. The zero-order chi connectivity index (χ0) is 20.1. The predicted molar refractivity (Wildman–Crippen MR) is 113 cm³/mol. The maximum atomic E-state index is 12.5. The molecule has 2 aromatic carbocycles. The van der Waals surface area contributed by atoms with Crippen molar-refractivity contribution in [1.82, 2.24) is 0 Å². The molecule has 27 heavy (non-hydrogen) atoms. The fraction of sp³-hybridized carbons (Fsp3) is 0.375. The molecule has 0 atom stereocenters. The molecule has 0 unspecified atom stereocenters. The first-order chi connectivity index (χ1) is 12.4. The maximum Gasteiger partial charge on any atom is 0.256 e. The van der Waals surface area contributed by atoms with E-state index in [2.05, 4.69) is 46.9 Å². The summed E-state index contributed by atoms with van der Waals surface area (Å²) in [6.45, 7) is 14.6. The van der Waals surface area contributed by atoms with E-state index in [9.17, 15) is 9.90 Å². The van der Waals surface area contributed by atoms with E-state index in [1.807, 2.05) is 43.3 Å². The largest absolute Gasteiger partial charge is 0.507 e. The number of carbonyl (C=O) groups excluding carboxylic acids is 1. The summed E-state index contributed by atoms with van der Waals surface area (Å²) in [4.78, 5) is 12.5. The van der Waals surface area contributed by atoms with Crippen LogP contribution < -0.4 is 5.32 Å². The van der Waals surface area contributed by atoms with E-state index in [4.69, 9.17) is 0 Å². The van der Waals surface area contributed by atoms with Gasteiger partial charge < -0.3 is 10.4 Å². The number of carbonyl (C=O) groups is 1. The number of hydrogen-bond acceptors (Lipinski definition) is 2. The molecule has 3 rings (SSSR count). The van der Waals surface area contributed by atoms with Crippen LogP contribution in [0.2, 0.25) is 0 Å². The van der Waals surface area contributed by atoms with Crippen LogP contribution in [0.4, 0.5) is 5.69 Å². The Kier molecular flexibility index (Phi) is 4.46. The van der Waals surface area contributed by atoms with Crippen molar-refractivity contribution in [1.29, 1.82) is 0 Å². The van der Waals surface area contributed by atoms with E-state index >= 15 is 0 Å². The van der Waals surface area contributed by atoms with Gasteiger partial charge in [0.1, 0.15) is 5.75 Å². The number of nitrogens with one attached hydrogen (secondary N) is 1. The van der Waals surface area contributed by atoms with Crippen molar-refractivity contribution in [3.63, 3.8) is 0 Å².